The standard InChI is InChI=1S/C14H28N2O/c1-11(2)12(3)16-13(17)10-14(15-4)8-6-5-7-9-14/h11-12,15H,5-10H2,1-4H3,(H,16,17). The van der Waals surface area contributed by atoms with Gasteiger partial charge in [-0.3, -0.25) is 4.79 Å². The minimum Gasteiger partial charge on any atom is -0.353 e. The van der Waals surface area contributed by atoms with Gasteiger partial charge in [-0.05, 0) is 32.7 Å². The molecule has 17 heavy (non-hydrogen) atoms. The van der Waals surface area contributed by atoms with E-state index in [1.54, 1.807) is 0 Å². The molecule has 0 radical (unpaired) electrons. The van der Waals surface area contributed by atoms with Crippen LogP contribution in [0.1, 0.15) is 59.3 Å². The van der Waals surface area contributed by atoms with Crippen molar-refractivity contribution < 1.29 is 4.79 Å². The normalized spacial score (nSPS) is 21.2. The molecular formula is C14H28N2O. The molecule has 1 aliphatic carbocycles. The molecule has 0 bridgehead atoms. The summed E-state index contributed by atoms with van der Waals surface area (Å²) in [6.07, 6.45) is 6.69. The quantitative estimate of drug-likeness (QED) is 0.775. The molecule has 100 valence electrons. The largest absolute Gasteiger partial charge is 0.353 e. The number of carbonyl (C=O) groups excluding carboxylic acids is 1. The van der Waals surface area contributed by atoms with Crippen LogP contribution in [0.3, 0.4) is 0 Å². The first-order valence-corrected chi connectivity index (χ1v) is 6.97. The van der Waals surface area contributed by atoms with Gasteiger partial charge in [0.2, 0.25) is 5.91 Å². The Bertz CT molecular complexity index is 245. The van der Waals surface area contributed by atoms with Gasteiger partial charge in [0.25, 0.3) is 0 Å². The summed E-state index contributed by atoms with van der Waals surface area (Å²) in [7, 11) is 1.99. The van der Waals surface area contributed by atoms with Crippen LogP contribution in [0.25, 0.3) is 0 Å². The van der Waals surface area contributed by atoms with E-state index in [2.05, 4.69) is 31.4 Å². The number of amides is 1. The Morgan fingerprint density at radius 2 is 1.76 bits per heavy atom. The summed E-state index contributed by atoms with van der Waals surface area (Å²) in [4.78, 5) is 12.0. The number of hydrogen-bond donors (Lipinski definition) is 2. The van der Waals surface area contributed by atoms with Crippen molar-refractivity contribution in [2.75, 3.05) is 7.05 Å². The molecule has 0 aromatic carbocycles. The van der Waals surface area contributed by atoms with Gasteiger partial charge in [-0.2, -0.15) is 0 Å². The van der Waals surface area contributed by atoms with Crippen LogP contribution in [0, 0.1) is 5.92 Å². The van der Waals surface area contributed by atoms with Gasteiger partial charge in [-0.1, -0.05) is 33.1 Å². The first-order valence-electron chi connectivity index (χ1n) is 6.97. The van der Waals surface area contributed by atoms with E-state index >= 15 is 0 Å². The fourth-order valence-electron chi connectivity index (χ4n) is 2.52. The maximum absolute atomic E-state index is 12.0. The molecule has 0 heterocycles. The molecule has 0 aromatic heterocycles. The highest BCUT2D eigenvalue weighted by Crippen LogP contribution is 2.30. The Kier molecular flexibility index (Phi) is 5.44. The lowest BCUT2D eigenvalue weighted by atomic mass is 9.79. The molecule has 0 spiro atoms. The fraction of sp³-hybridized carbons (Fsp3) is 0.929. The van der Waals surface area contributed by atoms with Crippen molar-refractivity contribution in [1.82, 2.24) is 10.6 Å². The third kappa shape index (κ3) is 4.30. The molecule has 1 fully saturated rings. The van der Waals surface area contributed by atoms with Gasteiger partial charge in [-0.15, -0.1) is 0 Å². The predicted octanol–water partition coefficient (Wildman–Crippen LogP) is 2.46. The topological polar surface area (TPSA) is 41.1 Å². The second-order valence-electron chi connectivity index (χ2n) is 5.87. The van der Waals surface area contributed by atoms with Crippen LogP contribution in [0.4, 0.5) is 0 Å². The van der Waals surface area contributed by atoms with Crippen LogP contribution in [0.15, 0.2) is 0 Å². The maximum atomic E-state index is 12.0. The van der Waals surface area contributed by atoms with E-state index in [0.717, 1.165) is 12.8 Å². The summed E-state index contributed by atoms with van der Waals surface area (Å²) in [5.74, 6) is 0.693. The van der Waals surface area contributed by atoms with E-state index in [-0.39, 0.29) is 17.5 Å². The van der Waals surface area contributed by atoms with Gasteiger partial charge in [0.05, 0.1) is 0 Å². The second-order valence-corrected chi connectivity index (χ2v) is 5.87. The molecule has 1 unspecified atom stereocenters. The van der Waals surface area contributed by atoms with Crippen LogP contribution in [0.2, 0.25) is 0 Å². The monoisotopic (exact) mass is 240 g/mol. The zero-order valence-electron chi connectivity index (χ0n) is 11.8. The minimum atomic E-state index is 0.0546. The van der Waals surface area contributed by atoms with Crippen molar-refractivity contribution in [1.29, 1.82) is 0 Å². The summed E-state index contributed by atoms with van der Waals surface area (Å²) in [6, 6.07) is 0.264. The Hall–Kier alpha value is -0.570. The van der Waals surface area contributed by atoms with Gasteiger partial charge in [-0.25, -0.2) is 0 Å². The molecule has 1 rings (SSSR count). The van der Waals surface area contributed by atoms with Crippen molar-refractivity contribution in [2.24, 2.45) is 5.92 Å². The van der Waals surface area contributed by atoms with E-state index < -0.39 is 0 Å². The average Bonchev–Trinajstić information content (AvgIpc) is 2.29. The summed E-state index contributed by atoms with van der Waals surface area (Å²) >= 11 is 0. The molecule has 0 saturated heterocycles. The second kappa shape index (κ2) is 6.39. The highest BCUT2D eigenvalue weighted by molar-refractivity contribution is 5.77. The molecule has 3 nitrogen and oxygen atoms in total. The minimum absolute atomic E-state index is 0.0546. The zero-order chi connectivity index (χ0) is 12.9. The van der Waals surface area contributed by atoms with Crippen LogP contribution in [-0.2, 0) is 4.79 Å². The van der Waals surface area contributed by atoms with E-state index in [1.807, 2.05) is 7.05 Å². The fourth-order valence-corrected chi connectivity index (χ4v) is 2.52. The van der Waals surface area contributed by atoms with Crippen molar-refractivity contribution in [2.45, 2.75) is 70.9 Å². The zero-order valence-corrected chi connectivity index (χ0v) is 11.8. The number of nitrogens with one attached hydrogen (secondary N) is 2. The van der Waals surface area contributed by atoms with E-state index in [0.29, 0.717) is 12.3 Å². The Labute approximate surface area is 106 Å². The van der Waals surface area contributed by atoms with Crippen molar-refractivity contribution >= 4 is 5.91 Å². The SMILES string of the molecule is CNC1(CC(=O)NC(C)C(C)C)CCCCC1. The maximum Gasteiger partial charge on any atom is 0.222 e. The lowest BCUT2D eigenvalue weighted by molar-refractivity contribution is -0.123. The number of rotatable bonds is 5. The lowest BCUT2D eigenvalue weighted by Gasteiger charge is -2.37. The van der Waals surface area contributed by atoms with Gasteiger partial charge in [0.1, 0.15) is 0 Å². The third-order valence-electron chi connectivity index (χ3n) is 4.23. The first kappa shape index (κ1) is 14.5. The van der Waals surface area contributed by atoms with Gasteiger partial charge in [0.15, 0.2) is 0 Å². The molecule has 0 aliphatic heterocycles. The molecule has 1 saturated carbocycles. The van der Waals surface area contributed by atoms with E-state index in [9.17, 15) is 4.79 Å². The van der Waals surface area contributed by atoms with Crippen LogP contribution < -0.4 is 10.6 Å². The van der Waals surface area contributed by atoms with Gasteiger partial charge >= 0.3 is 0 Å². The van der Waals surface area contributed by atoms with Crippen LogP contribution in [0.5, 0.6) is 0 Å². The van der Waals surface area contributed by atoms with Crippen molar-refractivity contribution in [3.05, 3.63) is 0 Å². The van der Waals surface area contributed by atoms with Crippen LogP contribution in [-0.4, -0.2) is 24.5 Å². The Morgan fingerprint density at radius 1 is 1.18 bits per heavy atom. The lowest BCUT2D eigenvalue weighted by Crippen LogP contribution is -2.49. The summed E-state index contributed by atoms with van der Waals surface area (Å²) in [5, 5.41) is 6.50. The molecular weight excluding hydrogens is 212 g/mol. The highest BCUT2D eigenvalue weighted by atomic mass is 16.1. The smallest absolute Gasteiger partial charge is 0.222 e. The molecule has 1 atom stereocenters. The number of hydrogen-bond acceptors (Lipinski definition) is 2. The van der Waals surface area contributed by atoms with Crippen LogP contribution >= 0.6 is 0 Å². The summed E-state index contributed by atoms with van der Waals surface area (Å²) in [6.45, 7) is 6.36. The summed E-state index contributed by atoms with van der Waals surface area (Å²) < 4.78 is 0. The molecule has 0 aromatic rings. The predicted molar refractivity (Wildman–Crippen MR) is 71.9 cm³/mol. The highest BCUT2D eigenvalue weighted by Gasteiger charge is 2.32. The van der Waals surface area contributed by atoms with Crippen molar-refractivity contribution in [3.63, 3.8) is 0 Å². The molecule has 1 aliphatic rings. The molecule has 1 amide bonds. The number of carbonyl (C=O) groups is 1. The Balaban J connectivity index is 2.47. The van der Waals surface area contributed by atoms with E-state index in [4.69, 9.17) is 0 Å². The Morgan fingerprint density at radius 3 is 2.24 bits per heavy atom. The van der Waals surface area contributed by atoms with Gasteiger partial charge < -0.3 is 10.6 Å². The first-order chi connectivity index (χ1) is 7.99. The third-order valence-corrected chi connectivity index (χ3v) is 4.23. The summed E-state index contributed by atoms with van der Waals surface area (Å²) in [5.41, 5.74) is 0.0546. The van der Waals surface area contributed by atoms with Crippen molar-refractivity contribution in [3.8, 4) is 0 Å². The average molecular weight is 240 g/mol. The molecule has 3 heteroatoms. The molecule has 2 N–H and O–H groups in total. The van der Waals surface area contributed by atoms with Gasteiger partial charge in [0, 0.05) is 18.0 Å². The van der Waals surface area contributed by atoms with E-state index in [1.165, 1.54) is 19.3 Å².